The molecule has 0 unspecified atom stereocenters. The summed E-state index contributed by atoms with van der Waals surface area (Å²) in [4.78, 5) is 25.4. The molecule has 116 valence electrons. The summed E-state index contributed by atoms with van der Waals surface area (Å²) in [6.07, 6.45) is 0. The predicted octanol–water partition coefficient (Wildman–Crippen LogP) is 1.70. The molecule has 1 N–H and O–H groups in total. The van der Waals surface area contributed by atoms with Crippen LogP contribution in [0.25, 0.3) is 0 Å². The summed E-state index contributed by atoms with van der Waals surface area (Å²) in [6, 6.07) is 8.29. The molecule has 1 heterocycles. The van der Waals surface area contributed by atoms with E-state index in [1.807, 2.05) is 0 Å². The standard InChI is InChI=1S/C15H17N3O4/c1-10-8-13(17-22-10)16-14(19)9-18(2)15(20)11-4-6-12(21-3)7-5-11/h4-8H,9H2,1-3H3,(H,16,17,19). The van der Waals surface area contributed by atoms with Gasteiger partial charge in [-0.25, -0.2) is 0 Å². The normalized spacial score (nSPS) is 10.1. The summed E-state index contributed by atoms with van der Waals surface area (Å²) in [7, 11) is 3.11. The largest absolute Gasteiger partial charge is 0.497 e. The quantitative estimate of drug-likeness (QED) is 0.908. The van der Waals surface area contributed by atoms with Crippen LogP contribution in [0, 0.1) is 6.92 Å². The maximum absolute atomic E-state index is 12.2. The molecule has 22 heavy (non-hydrogen) atoms. The fraction of sp³-hybridized carbons (Fsp3) is 0.267. The van der Waals surface area contributed by atoms with E-state index in [0.717, 1.165) is 0 Å². The number of benzene rings is 1. The van der Waals surface area contributed by atoms with Crippen LogP contribution in [0.5, 0.6) is 5.75 Å². The molecule has 2 amide bonds. The Morgan fingerprint density at radius 2 is 2.00 bits per heavy atom. The van der Waals surface area contributed by atoms with E-state index < -0.39 is 0 Å². The van der Waals surface area contributed by atoms with E-state index in [9.17, 15) is 9.59 Å². The first kappa shape index (κ1) is 15.6. The molecule has 0 radical (unpaired) electrons. The molecule has 1 aromatic carbocycles. The number of ether oxygens (including phenoxy) is 1. The number of likely N-dealkylation sites (N-methyl/N-ethyl adjacent to an activating group) is 1. The van der Waals surface area contributed by atoms with Crippen molar-refractivity contribution in [1.82, 2.24) is 10.1 Å². The molecule has 2 aromatic rings. The molecule has 0 aliphatic rings. The Morgan fingerprint density at radius 1 is 1.32 bits per heavy atom. The molecule has 0 aliphatic heterocycles. The summed E-state index contributed by atoms with van der Waals surface area (Å²) < 4.78 is 9.89. The van der Waals surface area contributed by atoms with Crippen molar-refractivity contribution < 1.29 is 18.8 Å². The molecule has 0 saturated carbocycles. The van der Waals surface area contributed by atoms with Gasteiger partial charge in [-0.15, -0.1) is 0 Å². The number of hydrogen-bond acceptors (Lipinski definition) is 5. The molecule has 7 nitrogen and oxygen atoms in total. The van der Waals surface area contributed by atoms with Crippen LogP contribution >= 0.6 is 0 Å². The van der Waals surface area contributed by atoms with Gasteiger partial charge in [-0.1, -0.05) is 5.16 Å². The van der Waals surface area contributed by atoms with Crippen molar-refractivity contribution in [2.75, 3.05) is 26.0 Å². The highest BCUT2D eigenvalue weighted by Gasteiger charge is 2.16. The van der Waals surface area contributed by atoms with Crippen molar-refractivity contribution in [1.29, 1.82) is 0 Å². The highest BCUT2D eigenvalue weighted by molar-refractivity contribution is 5.98. The molecule has 2 rings (SSSR count). The van der Waals surface area contributed by atoms with Gasteiger partial charge in [0.1, 0.15) is 11.5 Å². The Bertz CT molecular complexity index is 664. The van der Waals surface area contributed by atoms with E-state index in [2.05, 4.69) is 10.5 Å². The molecule has 7 heteroatoms. The summed E-state index contributed by atoms with van der Waals surface area (Å²) >= 11 is 0. The lowest BCUT2D eigenvalue weighted by atomic mass is 10.2. The van der Waals surface area contributed by atoms with Crippen LogP contribution in [0.4, 0.5) is 5.82 Å². The number of carbonyl (C=O) groups is 2. The van der Waals surface area contributed by atoms with Crippen LogP contribution in [-0.4, -0.2) is 42.6 Å². The number of rotatable bonds is 5. The van der Waals surface area contributed by atoms with Gasteiger partial charge in [-0.2, -0.15) is 0 Å². The van der Waals surface area contributed by atoms with Crippen molar-refractivity contribution in [3.8, 4) is 5.75 Å². The lowest BCUT2D eigenvalue weighted by Gasteiger charge is -2.16. The Labute approximate surface area is 127 Å². The van der Waals surface area contributed by atoms with Gasteiger partial charge in [0.2, 0.25) is 5.91 Å². The van der Waals surface area contributed by atoms with Crippen molar-refractivity contribution in [3.05, 3.63) is 41.7 Å². The molecule has 0 spiro atoms. The third-order valence-electron chi connectivity index (χ3n) is 2.96. The van der Waals surface area contributed by atoms with E-state index in [0.29, 0.717) is 22.9 Å². The van der Waals surface area contributed by atoms with Crippen LogP contribution in [0.3, 0.4) is 0 Å². The van der Waals surface area contributed by atoms with Crippen LogP contribution in [0.1, 0.15) is 16.1 Å². The average Bonchev–Trinajstić information content (AvgIpc) is 2.91. The SMILES string of the molecule is COc1ccc(C(=O)N(C)CC(=O)Nc2cc(C)on2)cc1. The lowest BCUT2D eigenvalue weighted by Crippen LogP contribution is -2.34. The van der Waals surface area contributed by atoms with E-state index in [1.54, 1.807) is 51.4 Å². The fourth-order valence-corrected chi connectivity index (χ4v) is 1.85. The maximum atomic E-state index is 12.2. The number of carbonyl (C=O) groups excluding carboxylic acids is 2. The average molecular weight is 303 g/mol. The number of methoxy groups -OCH3 is 1. The minimum atomic E-state index is -0.349. The number of nitrogens with zero attached hydrogens (tertiary/aromatic N) is 2. The molecule has 0 fully saturated rings. The van der Waals surface area contributed by atoms with Gasteiger partial charge < -0.3 is 19.5 Å². The zero-order chi connectivity index (χ0) is 16.1. The van der Waals surface area contributed by atoms with E-state index in [-0.39, 0.29) is 18.4 Å². The predicted molar refractivity (Wildman–Crippen MR) is 79.8 cm³/mol. The van der Waals surface area contributed by atoms with Gasteiger partial charge >= 0.3 is 0 Å². The van der Waals surface area contributed by atoms with Gasteiger partial charge in [0.25, 0.3) is 5.91 Å². The monoisotopic (exact) mass is 303 g/mol. The summed E-state index contributed by atoms with van der Waals surface area (Å²) in [5, 5.41) is 6.22. The third kappa shape index (κ3) is 3.85. The third-order valence-corrected chi connectivity index (χ3v) is 2.96. The van der Waals surface area contributed by atoms with Crippen LogP contribution < -0.4 is 10.1 Å². The number of nitrogens with one attached hydrogen (secondary N) is 1. The lowest BCUT2D eigenvalue weighted by molar-refractivity contribution is -0.116. The second-order valence-electron chi connectivity index (χ2n) is 4.76. The van der Waals surface area contributed by atoms with Crippen molar-refractivity contribution >= 4 is 17.6 Å². The second kappa shape index (κ2) is 6.75. The maximum Gasteiger partial charge on any atom is 0.254 e. The van der Waals surface area contributed by atoms with Crippen LogP contribution in [0.15, 0.2) is 34.9 Å². The first-order valence-electron chi connectivity index (χ1n) is 6.62. The smallest absolute Gasteiger partial charge is 0.254 e. The molecule has 0 saturated heterocycles. The Balaban J connectivity index is 1.93. The van der Waals surface area contributed by atoms with Gasteiger partial charge in [0.15, 0.2) is 5.82 Å². The Kier molecular flexibility index (Phi) is 4.77. The number of amides is 2. The highest BCUT2D eigenvalue weighted by atomic mass is 16.5. The number of hydrogen-bond donors (Lipinski definition) is 1. The van der Waals surface area contributed by atoms with Crippen LogP contribution in [0.2, 0.25) is 0 Å². The molecule has 0 aliphatic carbocycles. The summed E-state index contributed by atoms with van der Waals surface area (Å²) in [6.45, 7) is 1.64. The fourth-order valence-electron chi connectivity index (χ4n) is 1.85. The van der Waals surface area contributed by atoms with Crippen molar-refractivity contribution in [2.24, 2.45) is 0 Å². The molecule has 0 bridgehead atoms. The van der Waals surface area contributed by atoms with Crippen molar-refractivity contribution in [3.63, 3.8) is 0 Å². The first-order chi connectivity index (χ1) is 10.5. The first-order valence-corrected chi connectivity index (χ1v) is 6.62. The molecular formula is C15H17N3O4. The number of anilines is 1. The Hall–Kier alpha value is -2.83. The zero-order valence-electron chi connectivity index (χ0n) is 12.6. The molecule has 0 atom stereocenters. The van der Waals surface area contributed by atoms with Gasteiger partial charge in [0, 0.05) is 18.7 Å². The summed E-state index contributed by atoms with van der Waals surface area (Å²) in [5.41, 5.74) is 0.480. The Morgan fingerprint density at radius 3 is 2.55 bits per heavy atom. The van der Waals surface area contributed by atoms with Gasteiger partial charge in [-0.3, -0.25) is 9.59 Å². The molecular weight excluding hydrogens is 286 g/mol. The number of aromatic nitrogens is 1. The second-order valence-corrected chi connectivity index (χ2v) is 4.76. The molecule has 1 aromatic heterocycles. The van der Waals surface area contributed by atoms with Crippen LogP contribution in [-0.2, 0) is 4.79 Å². The summed E-state index contributed by atoms with van der Waals surface area (Å²) in [5.74, 6) is 0.982. The zero-order valence-corrected chi connectivity index (χ0v) is 12.6. The minimum Gasteiger partial charge on any atom is -0.497 e. The number of aryl methyl sites for hydroxylation is 1. The highest BCUT2D eigenvalue weighted by Crippen LogP contribution is 2.13. The van der Waals surface area contributed by atoms with E-state index in [4.69, 9.17) is 9.26 Å². The van der Waals surface area contributed by atoms with Crippen molar-refractivity contribution in [2.45, 2.75) is 6.92 Å². The van der Waals surface area contributed by atoms with E-state index in [1.165, 1.54) is 4.90 Å². The minimum absolute atomic E-state index is 0.0865. The topological polar surface area (TPSA) is 84.7 Å². The van der Waals surface area contributed by atoms with Gasteiger partial charge in [0.05, 0.1) is 13.7 Å². The van der Waals surface area contributed by atoms with Gasteiger partial charge in [-0.05, 0) is 31.2 Å². The van der Waals surface area contributed by atoms with E-state index >= 15 is 0 Å².